The fourth-order valence-electron chi connectivity index (χ4n) is 1.99. The van der Waals surface area contributed by atoms with E-state index in [2.05, 4.69) is 4.98 Å². The quantitative estimate of drug-likeness (QED) is 0.846. The number of carbonyl (C=O) groups excluding carboxylic acids is 1. The van der Waals surface area contributed by atoms with Crippen molar-refractivity contribution < 1.29 is 19.1 Å². The van der Waals surface area contributed by atoms with E-state index in [-0.39, 0.29) is 12.0 Å². The molecule has 1 aromatic rings. The van der Waals surface area contributed by atoms with Crippen LogP contribution in [0.5, 0.6) is 0 Å². The number of aromatic nitrogens is 1. The second-order valence-electron chi connectivity index (χ2n) is 4.17. The van der Waals surface area contributed by atoms with Gasteiger partial charge in [-0.05, 0) is 12.1 Å². The van der Waals surface area contributed by atoms with E-state index in [4.69, 9.17) is 5.11 Å². The standard InChI is InChI=1S/C12H13FN2O3S/c13-11-9(2-1-3-14-11)12(18)15-4-5-19-7-8(15)6-10(16)17/h1-3,8H,4-7H2,(H,16,17). The average Bonchev–Trinajstić information content (AvgIpc) is 2.38. The molecule has 0 aliphatic carbocycles. The van der Waals surface area contributed by atoms with Gasteiger partial charge in [0.05, 0.1) is 18.0 Å². The number of thioether (sulfide) groups is 1. The highest BCUT2D eigenvalue weighted by Crippen LogP contribution is 2.21. The molecule has 1 aliphatic rings. The molecule has 102 valence electrons. The van der Waals surface area contributed by atoms with Gasteiger partial charge in [0.15, 0.2) is 0 Å². The van der Waals surface area contributed by atoms with Gasteiger partial charge in [-0.3, -0.25) is 9.59 Å². The molecule has 1 saturated heterocycles. The third-order valence-electron chi connectivity index (χ3n) is 2.89. The number of carboxylic acids is 1. The Kier molecular flexibility index (Phi) is 4.36. The summed E-state index contributed by atoms with van der Waals surface area (Å²) in [7, 11) is 0. The molecule has 1 fully saturated rings. The van der Waals surface area contributed by atoms with E-state index >= 15 is 0 Å². The SMILES string of the molecule is O=C(O)CC1CSCCN1C(=O)c1cccnc1F. The maximum atomic E-state index is 13.5. The van der Waals surface area contributed by atoms with Gasteiger partial charge in [0.25, 0.3) is 5.91 Å². The number of hydrogen-bond donors (Lipinski definition) is 1. The van der Waals surface area contributed by atoms with E-state index < -0.39 is 23.9 Å². The van der Waals surface area contributed by atoms with Crippen LogP contribution in [-0.2, 0) is 4.79 Å². The Morgan fingerprint density at radius 1 is 1.58 bits per heavy atom. The normalized spacial score (nSPS) is 19.2. The van der Waals surface area contributed by atoms with Crippen LogP contribution < -0.4 is 0 Å². The van der Waals surface area contributed by atoms with Gasteiger partial charge in [0.2, 0.25) is 5.95 Å². The van der Waals surface area contributed by atoms with Gasteiger partial charge < -0.3 is 10.0 Å². The van der Waals surface area contributed by atoms with Crippen molar-refractivity contribution in [3.8, 4) is 0 Å². The first-order valence-corrected chi connectivity index (χ1v) is 6.96. The maximum absolute atomic E-state index is 13.5. The number of rotatable bonds is 3. The van der Waals surface area contributed by atoms with Gasteiger partial charge in [0, 0.05) is 24.2 Å². The Balaban J connectivity index is 2.20. The van der Waals surface area contributed by atoms with Crippen molar-refractivity contribution in [3.05, 3.63) is 29.8 Å². The monoisotopic (exact) mass is 284 g/mol. The lowest BCUT2D eigenvalue weighted by atomic mass is 10.1. The molecule has 1 aromatic heterocycles. The molecule has 0 spiro atoms. The molecule has 1 aliphatic heterocycles. The van der Waals surface area contributed by atoms with Crippen molar-refractivity contribution in [1.29, 1.82) is 0 Å². The summed E-state index contributed by atoms with van der Waals surface area (Å²) in [4.78, 5) is 27.9. The van der Waals surface area contributed by atoms with Gasteiger partial charge in [-0.25, -0.2) is 4.98 Å². The largest absolute Gasteiger partial charge is 0.481 e. The molecule has 0 aromatic carbocycles. The second kappa shape index (κ2) is 6.01. The number of carboxylic acid groups (broad SMARTS) is 1. The fourth-order valence-corrected chi connectivity index (χ4v) is 3.06. The van der Waals surface area contributed by atoms with E-state index in [0.717, 1.165) is 5.75 Å². The number of carbonyl (C=O) groups is 2. The van der Waals surface area contributed by atoms with Gasteiger partial charge in [-0.1, -0.05) is 0 Å². The Hall–Kier alpha value is -1.63. The van der Waals surface area contributed by atoms with Crippen LogP contribution in [0.25, 0.3) is 0 Å². The number of aliphatic carboxylic acids is 1. The number of halogens is 1. The van der Waals surface area contributed by atoms with Crippen molar-refractivity contribution in [2.75, 3.05) is 18.1 Å². The minimum atomic E-state index is -0.961. The van der Waals surface area contributed by atoms with Crippen molar-refractivity contribution >= 4 is 23.6 Å². The average molecular weight is 284 g/mol. The van der Waals surface area contributed by atoms with Crippen LogP contribution in [0.15, 0.2) is 18.3 Å². The zero-order chi connectivity index (χ0) is 13.8. The summed E-state index contributed by atoms with van der Waals surface area (Å²) in [5.41, 5.74) is -0.107. The Morgan fingerprint density at radius 2 is 2.37 bits per heavy atom. The zero-order valence-corrected chi connectivity index (χ0v) is 10.9. The van der Waals surface area contributed by atoms with Crippen LogP contribution in [0.4, 0.5) is 4.39 Å². The lowest BCUT2D eigenvalue weighted by molar-refractivity contribution is -0.138. The molecule has 0 radical (unpaired) electrons. The van der Waals surface area contributed by atoms with Crippen LogP contribution in [-0.4, -0.2) is 51.0 Å². The second-order valence-corrected chi connectivity index (χ2v) is 5.32. The van der Waals surface area contributed by atoms with Crippen LogP contribution in [0.1, 0.15) is 16.8 Å². The third kappa shape index (κ3) is 3.23. The molecule has 1 N–H and O–H groups in total. The lowest BCUT2D eigenvalue weighted by Gasteiger charge is -2.34. The van der Waals surface area contributed by atoms with Crippen molar-refractivity contribution in [3.63, 3.8) is 0 Å². The van der Waals surface area contributed by atoms with Crippen LogP contribution in [0.3, 0.4) is 0 Å². The molecule has 0 bridgehead atoms. The summed E-state index contributed by atoms with van der Waals surface area (Å²) in [6.07, 6.45) is 1.15. The number of hydrogen-bond acceptors (Lipinski definition) is 4. The van der Waals surface area contributed by atoms with Gasteiger partial charge >= 0.3 is 5.97 Å². The molecule has 19 heavy (non-hydrogen) atoms. The predicted molar refractivity (Wildman–Crippen MR) is 68.6 cm³/mol. The zero-order valence-electron chi connectivity index (χ0n) is 10.1. The number of pyridine rings is 1. The summed E-state index contributed by atoms with van der Waals surface area (Å²) in [5, 5.41) is 8.86. The summed E-state index contributed by atoms with van der Waals surface area (Å²) in [6, 6.07) is 2.45. The summed E-state index contributed by atoms with van der Waals surface area (Å²) >= 11 is 1.60. The lowest BCUT2D eigenvalue weighted by Crippen LogP contribution is -2.47. The van der Waals surface area contributed by atoms with E-state index in [1.165, 1.54) is 23.2 Å². The molecular weight excluding hydrogens is 271 g/mol. The van der Waals surface area contributed by atoms with Gasteiger partial charge in [-0.2, -0.15) is 16.2 Å². The van der Waals surface area contributed by atoms with Gasteiger partial charge in [0.1, 0.15) is 0 Å². The van der Waals surface area contributed by atoms with Crippen molar-refractivity contribution in [2.24, 2.45) is 0 Å². The van der Waals surface area contributed by atoms with Crippen molar-refractivity contribution in [2.45, 2.75) is 12.5 Å². The maximum Gasteiger partial charge on any atom is 0.305 e. The predicted octanol–water partition coefficient (Wildman–Crippen LogP) is 1.25. The Morgan fingerprint density at radius 3 is 3.05 bits per heavy atom. The van der Waals surface area contributed by atoms with Gasteiger partial charge in [-0.15, -0.1) is 0 Å². The van der Waals surface area contributed by atoms with Crippen LogP contribution >= 0.6 is 11.8 Å². The number of nitrogens with zero attached hydrogens (tertiary/aromatic N) is 2. The first-order valence-electron chi connectivity index (χ1n) is 5.80. The highest BCUT2D eigenvalue weighted by Gasteiger charge is 2.30. The molecule has 1 unspecified atom stereocenters. The van der Waals surface area contributed by atoms with E-state index in [9.17, 15) is 14.0 Å². The van der Waals surface area contributed by atoms with Crippen LogP contribution in [0, 0.1) is 5.95 Å². The van der Waals surface area contributed by atoms with Crippen molar-refractivity contribution in [1.82, 2.24) is 9.88 Å². The molecule has 2 rings (SSSR count). The first kappa shape index (κ1) is 13.8. The minimum absolute atomic E-state index is 0.107. The summed E-state index contributed by atoms with van der Waals surface area (Å²) in [5.74, 6) is -0.988. The molecule has 0 saturated carbocycles. The smallest absolute Gasteiger partial charge is 0.305 e. The minimum Gasteiger partial charge on any atom is -0.481 e. The molecule has 2 heterocycles. The highest BCUT2D eigenvalue weighted by atomic mass is 32.2. The third-order valence-corrected chi connectivity index (χ3v) is 3.98. The molecule has 1 atom stereocenters. The van der Waals surface area contributed by atoms with E-state index in [0.29, 0.717) is 12.3 Å². The first-order chi connectivity index (χ1) is 9.09. The highest BCUT2D eigenvalue weighted by molar-refractivity contribution is 7.99. The number of amides is 1. The molecule has 7 heteroatoms. The molecule has 1 amide bonds. The summed E-state index contributed by atoms with van der Waals surface area (Å²) in [6.45, 7) is 0.426. The van der Waals surface area contributed by atoms with E-state index in [1.54, 1.807) is 11.8 Å². The van der Waals surface area contributed by atoms with E-state index in [1.807, 2.05) is 0 Å². The summed E-state index contributed by atoms with van der Waals surface area (Å²) < 4.78 is 13.5. The molecular formula is C12H13FN2O3S. The Labute approximate surface area is 113 Å². The Bertz CT molecular complexity index is 498. The molecule has 5 nitrogen and oxygen atoms in total. The van der Waals surface area contributed by atoms with Crippen LogP contribution in [0.2, 0.25) is 0 Å². The fraction of sp³-hybridized carbons (Fsp3) is 0.417. The topological polar surface area (TPSA) is 70.5 Å².